The highest BCUT2D eigenvalue weighted by molar-refractivity contribution is 6.44. The first-order valence-electron chi connectivity index (χ1n) is 8.31. The van der Waals surface area contributed by atoms with Gasteiger partial charge < -0.3 is 19.1 Å². The third kappa shape index (κ3) is 2.76. The molecule has 0 bridgehead atoms. The van der Waals surface area contributed by atoms with Crippen LogP contribution in [0.15, 0.2) is 36.4 Å². The first-order chi connectivity index (χ1) is 12.5. The van der Waals surface area contributed by atoms with Gasteiger partial charge in [-0.25, -0.2) is 0 Å². The number of aryl methyl sites for hydroxylation is 1. The summed E-state index contributed by atoms with van der Waals surface area (Å²) in [5, 5.41) is 0.682. The highest BCUT2D eigenvalue weighted by Gasteiger charge is 2.56. The number of benzene rings is 2. The van der Waals surface area contributed by atoms with Gasteiger partial charge in [0.1, 0.15) is 12.4 Å². The van der Waals surface area contributed by atoms with Crippen molar-refractivity contribution in [2.75, 3.05) is 31.3 Å². The molecule has 0 atom stereocenters. The number of anilines is 1. The number of ether oxygens (including phenoxy) is 3. The summed E-state index contributed by atoms with van der Waals surface area (Å²) in [4.78, 5) is 14.6. The van der Waals surface area contributed by atoms with Crippen LogP contribution in [0.3, 0.4) is 0 Å². The van der Waals surface area contributed by atoms with Gasteiger partial charge in [-0.1, -0.05) is 40.9 Å². The molecule has 0 saturated carbocycles. The second kappa shape index (κ2) is 6.74. The molecule has 2 aromatic rings. The zero-order chi connectivity index (χ0) is 18.3. The lowest BCUT2D eigenvalue weighted by atomic mass is 10.1. The van der Waals surface area contributed by atoms with Gasteiger partial charge in [0.15, 0.2) is 0 Å². The number of fused-ring (bicyclic) bond motifs is 2. The highest BCUT2D eigenvalue weighted by Crippen LogP contribution is 2.50. The maximum Gasteiger partial charge on any atom is 0.292 e. The van der Waals surface area contributed by atoms with Crippen LogP contribution < -0.4 is 9.64 Å². The van der Waals surface area contributed by atoms with Crippen LogP contribution >= 0.6 is 23.2 Å². The maximum absolute atomic E-state index is 13.1. The van der Waals surface area contributed by atoms with E-state index in [1.54, 1.807) is 12.1 Å². The van der Waals surface area contributed by atoms with Gasteiger partial charge >= 0.3 is 0 Å². The Morgan fingerprint density at radius 2 is 1.81 bits per heavy atom. The van der Waals surface area contributed by atoms with Gasteiger partial charge in [-0.3, -0.25) is 4.79 Å². The van der Waals surface area contributed by atoms with Crippen molar-refractivity contribution in [3.8, 4) is 5.75 Å². The van der Waals surface area contributed by atoms with Crippen molar-refractivity contribution in [3.05, 3.63) is 57.6 Å². The van der Waals surface area contributed by atoms with Gasteiger partial charge in [-0.05, 0) is 31.2 Å². The second-order valence-corrected chi connectivity index (χ2v) is 6.97. The Labute approximate surface area is 161 Å². The lowest BCUT2D eigenvalue weighted by molar-refractivity contribution is -0.180. The Morgan fingerprint density at radius 3 is 2.50 bits per heavy atom. The van der Waals surface area contributed by atoms with Gasteiger partial charge in [0.2, 0.25) is 0 Å². The molecule has 136 valence electrons. The van der Waals surface area contributed by atoms with Crippen molar-refractivity contribution in [2.24, 2.45) is 0 Å². The van der Waals surface area contributed by atoms with Crippen molar-refractivity contribution < 1.29 is 19.0 Å². The Kier molecular flexibility index (Phi) is 4.57. The number of hydrogen-bond acceptors (Lipinski definition) is 4. The summed E-state index contributed by atoms with van der Waals surface area (Å²) in [6, 6.07) is 11.1. The van der Waals surface area contributed by atoms with Gasteiger partial charge in [0.25, 0.3) is 11.7 Å². The Bertz CT molecular complexity index is 847. The number of halogens is 2. The molecule has 0 radical (unpaired) electrons. The third-order valence-corrected chi connectivity index (χ3v) is 5.31. The fourth-order valence-corrected chi connectivity index (χ4v) is 3.68. The topological polar surface area (TPSA) is 48.0 Å². The number of rotatable bonds is 4. The largest absolute Gasteiger partial charge is 0.492 e. The fourth-order valence-electron chi connectivity index (χ4n) is 3.26. The summed E-state index contributed by atoms with van der Waals surface area (Å²) in [6.45, 7) is 3.30. The first-order valence-corrected chi connectivity index (χ1v) is 9.06. The summed E-state index contributed by atoms with van der Waals surface area (Å²) in [6.07, 6.45) is 0. The summed E-state index contributed by atoms with van der Waals surface area (Å²) >= 11 is 12.6. The quantitative estimate of drug-likeness (QED) is 0.789. The lowest BCUT2D eigenvalue weighted by Crippen LogP contribution is -2.42. The minimum Gasteiger partial charge on any atom is -0.492 e. The highest BCUT2D eigenvalue weighted by atomic mass is 35.5. The van der Waals surface area contributed by atoms with Crippen LogP contribution in [0.5, 0.6) is 5.75 Å². The number of carbonyl (C=O) groups is 1. The molecule has 0 aliphatic carbocycles. The number of hydrogen-bond donors (Lipinski definition) is 0. The van der Waals surface area contributed by atoms with E-state index in [0.717, 1.165) is 11.3 Å². The molecule has 5 nitrogen and oxygen atoms in total. The molecule has 2 aliphatic heterocycles. The third-order valence-electron chi connectivity index (χ3n) is 4.52. The van der Waals surface area contributed by atoms with E-state index in [9.17, 15) is 4.79 Å². The van der Waals surface area contributed by atoms with Crippen LogP contribution in [0.1, 0.15) is 11.1 Å². The monoisotopic (exact) mass is 393 g/mol. The van der Waals surface area contributed by atoms with Crippen molar-refractivity contribution >= 4 is 34.8 Å². The molecule has 1 fully saturated rings. The van der Waals surface area contributed by atoms with Crippen LogP contribution in [-0.4, -0.2) is 32.3 Å². The van der Waals surface area contributed by atoms with Crippen molar-refractivity contribution in [1.82, 2.24) is 0 Å². The molecule has 2 aliphatic rings. The van der Waals surface area contributed by atoms with Crippen LogP contribution in [0.2, 0.25) is 10.0 Å². The van der Waals surface area contributed by atoms with E-state index in [0.29, 0.717) is 47.7 Å². The number of nitrogens with zero attached hydrogens (tertiary/aromatic N) is 1. The van der Waals surface area contributed by atoms with Crippen LogP contribution in [-0.2, 0) is 20.1 Å². The minimum absolute atomic E-state index is 0.299. The number of carbonyl (C=O) groups excluding carboxylic acids is 1. The molecular weight excluding hydrogens is 377 g/mol. The zero-order valence-corrected chi connectivity index (χ0v) is 15.6. The van der Waals surface area contributed by atoms with Gasteiger partial charge in [-0.2, -0.15) is 0 Å². The predicted molar refractivity (Wildman–Crippen MR) is 99.1 cm³/mol. The van der Waals surface area contributed by atoms with E-state index in [1.807, 2.05) is 31.2 Å². The summed E-state index contributed by atoms with van der Waals surface area (Å²) in [7, 11) is 0. The fraction of sp³-hybridized carbons (Fsp3) is 0.316. The Hall–Kier alpha value is -1.79. The predicted octanol–water partition coefficient (Wildman–Crippen LogP) is 3.93. The second-order valence-electron chi connectivity index (χ2n) is 6.19. The lowest BCUT2D eigenvalue weighted by Gasteiger charge is -2.22. The summed E-state index contributed by atoms with van der Waals surface area (Å²) in [5.74, 6) is -0.989. The van der Waals surface area contributed by atoms with Gasteiger partial charge in [0.05, 0.1) is 35.5 Å². The van der Waals surface area contributed by atoms with Gasteiger partial charge in [0, 0.05) is 5.56 Å². The van der Waals surface area contributed by atoms with E-state index < -0.39 is 5.79 Å². The Balaban J connectivity index is 1.59. The zero-order valence-electron chi connectivity index (χ0n) is 14.1. The smallest absolute Gasteiger partial charge is 0.292 e. The normalized spacial score (nSPS) is 17.8. The molecule has 2 aromatic carbocycles. The molecule has 0 unspecified atom stereocenters. The van der Waals surface area contributed by atoms with Crippen molar-refractivity contribution in [2.45, 2.75) is 12.7 Å². The van der Waals surface area contributed by atoms with Crippen LogP contribution in [0.25, 0.3) is 0 Å². The molecule has 1 saturated heterocycles. The minimum atomic E-state index is -1.42. The molecule has 26 heavy (non-hydrogen) atoms. The Morgan fingerprint density at radius 1 is 1.12 bits per heavy atom. The molecule has 2 heterocycles. The summed E-state index contributed by atoms with van der Waals surface area (Å²) in [5.41, 5.74) is 2.27. The average Bonchev–Trinajstić information content (AvgIpc) is 3.21. The van der Waals surface area contributed by atoms with E-state index in [1.165, 1.54) is 4.90 Å². The molecule has 0 aromatic heterocycles. The SMILES string of the molecule is Cc1ccc(OCCN2C(=O)C3(OCCO3)c3ccc(Cl)c(Cl)c32)cc1. The van der Waals surface area contributed by atoms with Gasteiger partial charge in [-0.15, -0.1) is 0 Å². The molecule has 4 rings (SSSR count). The van der Waals surface area contributed by atoms with Crippen LogP contribution in [0, 0.1) is 6.92 Å². The first kappa shape index (κ1) is 17.6. The molecule has 0 N–H and O–H groups in total. The standard InChI is InChI=1S/C19H17Cl2NO4/c1-12-2-4-13(5-3-12)24-9-8-22-17-14(6-7-15(20)16(17)21)19(18(22)23)25-10-11-26-19/h2-7H,8-11H2,1H3. The van der Waals surface area contributed by atoms with Crippen molar-refractivity contribution in [1.29, 1.82) is 0 Å². The van der Waals surface area contributed by atoms with E-state index in [2.05, 4.69) is 0 Å². The summed E-state index contributed by atoms with van der Waals surface area (Å²) < 4.78 is 17.1. The molecular formula is C19H17Cl2NO4. The number of amides is 1. The van der Waals surface area contributed by atoms with E-state index in [-0.39, 0.29) is 5.91 Å². The van der Waals surface area contributed by atoms with Crippen molar-refractivity contribution in [3.63, 3.8) is 0 Å². The molecule has 1 amide bonds. The van der Waals surface area contributed by atoms with E-state index in [4.69, 9.17) is 37.4 Å². The van der Waals surface area contributed by atoms with Crippen LogP contribution in [0.4, 0.5) is 5.69 Å². The maximum atomic E-state index is 13.1. The van der Waals surface area contributed by atoms with E-state index >= 15 is 0 Å². The average molecular weight is 394 g/mol. The molecule has 7 heteroatoms. The molecule has 1 spiro atoms.